The molecule has 78 valence electrons. The Kier molecular flexibility index (Phi) is 4.99. The van der Waals surface area contributed by atoms with Crippen LogP contribution in [0.4, 0.5) is 5.69 Å². The fourth-order valence-corrected chi connectivity index (χ4v) is 1.56. The van der Waals surface area contributed by atoms with Gasteiger partial charge in [0, 0.05) is 31.9 Å². The molecule has 0 saturated carbocycles. The van der Waals surface area contributed by atoms with Crippen LogP contribution in [0.3, 0.4) is 0 Å². The molecule has 0 bridgehead atoms. The van der Waals surface area contributed by atoms with Crippen LogP contribution in [-0.4, -0.2) is 26.2 Å². The van der Waals surface area contributed by atoms with Gasteiger partial charge in [-0.15, -0.1) is 0 Å². The molecule has 4 nitrogen and oxygen atoms in total. The highest BCUT2D eigenvalue weighted by molar-refractivity contribution is 5.46. The van der Waals surface area contributed by atoms with Crippen molar-refractivity contribution in [1.29, 1.82) is 0 Å². The Hall–Kier alpha value is -1.10. The smallest absolute Gasteiger partial charge is 0.0367 e. The minimum Gasteiger partial charge on any atom is -0.369 e. The van der Waals surface area contributed by atoms with Crippen molar-refractivity contribution in [1.82, 2.24) is 5.32 Å². The number of nitrogens with zero attached hydrogens (tertiary/aromatic N) is 1. The highest BCUT2D eigenvalue weighted by Gasteiger charge is 2.08. The first-order valence-corrected chi connectivity index (χ1v) is 4.81. The summed E-state index contributed by atoms with van der Waals surface area (Å²) in [4.78, 5) is 2.41. The molecule has 2 rings (SSSR count). The van der Waals surface area contributed by atoms with Gasteiger partial charge in [-0.1, -0.05) is 18.2 Å². The van der Waals surface area contributed by atoms with Crippen LogP contribution < -0.4 is 21.9 Å². The average molecular weight is 194 g/mol. The maximum Gasteiger partial charge on any atom is 0.0367 e. The van der Waals surface area contributed by atoms with E-state index in [1.165, 1.54) is 5.69 Å². The lowest BCUT2D eigenvalue weighted by atomic mass is 10.2. The van der Waals surface area contributed by atoms with Crippen LogP contribution in [0.1, 0.15) is 0 Å². The zero-order chi connectivity index (χ0) is 10.2. The maximum absolute atomic E-state index is 4.00. The van der Waals surface area contributed by atoms with Crippen LogP contribution in [0, 0.1) is 0 Å². The Morgan fingerprint density at radius 3 is 2.14 bits per heavy atom. The molecule has 1 aliphatic rings. The molecule has 0 aromatic heterocycles. The minimum absolute atomic E-state index is 1.11. The van der Waals surface area contributed by atoms with Gasteiger partial charge in [0.05, 0.1) is 0 Å². The van der Waals surface area contributed by atoms with Crippen molar-refractivity contribution in [3.8, 4) is 0 Å². The van der Waals surface area contributed by atoms with Gasteiger partial charge in [0.2, 0.25) is 0 Å². The molecular formula is C10H18N4. The molecule has 4 heteroatoms. The lowest BCUT2D eigenvalue weighted by Crippen LogP contribution is -2.43. The monoisotopic (exact) mass is 194 g/mol. The van der Waals surface area contributed by atoms with E-state index in [1.807, 2.05) is 0 Å². The summed E-state index contributed by atoms with van der Waals surface area (Å²) in [7, 11) is 0. The number of hydrogen-bond acceptors (Lipinski definition) is 4. The number of benzene rings is 1. The third-order valence-corrected chi connectivity index (χ3v) is 2.24. The van der Waals surface area contributed by atoms with E-state index in [1.54, 1.807) is 0 Å². The van der Waals surface area contributed by atoms with E-state index in [0.29, 0.717) is 0 Å². The standard InChI is InChI=1S/C10H14N2.H4N2/c1-2-4-10(5-3-1)12-8-6-11-7-9-12;1-2/h1-5,11H,6-9H2;1-2H2. The van der Waals surface area contributed by atoms with Gasteiger partial charge in [0.25, 0.3) is 0 Å². The number of rotatable bonds is 1. The number of para-hydroxylation sites is 1. The predicted molar refractivity (Wildman–Crippen MR) is 59.9 cm³/mol. The SMILES string of the molecule is NN.c1ccc(N2CCNCC2)cc1. The van der Waals surface area contributed by atoms with E-state index in [2.05, 4.69) is 52.2 Å². The van der Waals surface area contributed by atoms with E-state index in [4.69, 9.17) is 0 Å². The molecule has 0 radical (unpaired) electrons. The number of hydrazine groups is 1. The molecule has 0 amide bonds. The summed E-state index contributed by atoms with van der Waals surface area (Å²) in [6.45, 7) is 4.47. The highest BCUT2D eigenvalue weighted by Crippen LogP contribution is 2.12. The Bertz CT molecular complexity index is 231. The summed E-state index contributed by atoms with van der Waals surface area (Å²) in [6.07, 6.45) is 0. The first-order chi connectivity index (χ1) is 6.97. The molecule has 1 fully saturated rings. The van der Waals surface area contributed by atoms with E-state index in [-0.39, 0.29) is 0 Å². The summed E-state index contributed by atoms with van der Waals surface area (Å²) in [5, 5.41) is 3.34. The molecule has 1 saturated heterocycles. The van der Waals surface area contributed by atoms with Gasteiger partial charge < -0.3 is 10.2 Å². The second kappa shape index (κ2) is 6.37. The van der Waals surface area contributed by atoms with Crippen molar-refractivity contribution in [2.75, 3.05) is 31.1 Å². The first kappa shape index (κ1) is 11.0. The van der Waals surface area contributed by atoms with E-state index >= 15 is 0 Å². The molecule has 5 N–H and O–H groups in total. The number of anilines is 1. The molecule has 0 spiro atoms. The van der Waals surface area contributed by atoms with Crippen LogP contribution in [0.2, 0.25) is 0 Å². The van der Waals surface area contributed by atoms with Crippen LogP contribution in [0.15, 0.2) is 30.3 Å². The zero-order valence-electron chi connectivity index (χ0n) is 8.32. The Morgan fingerprint density at radius 1 is 1.00 bits per heavy atom. The van der Waals surface area contributed by atoms with Crippen LogP contribution >= 0.6 is 0 Å². The van der Waals surface area contributed by atoms with Crippen molar-refractivity contribution in [3.05, 3.63) is 30.3 Å². The van der Waals surface area contributed by atoms with Gasteiger partial charge in [0.15, 0.2) is 0 Å². The third-order valence-electron chi connectivity index (χ3n) is 2.24. The van der Waals surface area contributed by atoms with E-state index < -0.39 is 0 Å². The van der Waals surface area contributed by atoms with Crippen molar-refractivity contribution >= 4 is 5.69 Å². The summed E-state index contributed by atoms with van der Waals surface area (Å²) in [5.74, 6) is 8.00. The van der Waals surface area contributed by atoms with Gasteiger partial charge in [-0.2, -0.15) is 0 Å². The quantitative estimate of drug-likeness (QED) is 0.432. The lowest BCUT2D eigenvalue weighted by molar-refractivity contribution is 0.589. The molecule has 0 unspecified atom stereocenters. The fourth-order valence-electron chi connectivity index (χ4n) is 1.56. The molecule has 0 aliphatic carbocycles. The molecule has 14 heavy (non-hydrogen) atoms. The molecule has 0 atom stereocenters. The van der Waals surface area contributed by atoms with Crippen LogP contribution in [0.25, 0.3) is 0 Å². The zero-order valence-corrected chi connectivity index (χ0v) is 8.32. The molecule has 1 aromatic carbocycles. The van der Waals surface area contributed by atoms with E-state index in [0.717, 1.165) is 26.2 Å². The number of hydrogen-bond donors (Lipinski definition) is 3. The average Bonchev–Trinajstić information content (AvgIpc) is 2.34. The Labute approximate surface area is 84.9 Å². The first-order valence-electron chi connectivity index (χ1n) is 4.81. The topological polar surface area (TPSA) is 67.3 Å². The Morgan fingerprint density at radius 2 is 1.57 bits per heavy atom. The van der Waals surface area contributed by atoms with Crippen molar-refractivity contribution in [2.24, 2.45) is 11.7 Å². The van der Waals surface area contributed by atoms with E-state index in [9.17, 15) is 0 Å². The summed E-state index contributed by atoms with van der Waals surface area (Å²) in [5.41, 5.74) is 1.35. The van der Waals surface area contributed by atoms with Crippen LogP contribution in [0.5, 0.6) is 0 Å². The molecule has 1 heterocycles. The largest absolute Gasteiger partial charge is 0.369 e. The van der Waals surface area contributed by atoms with Crippen molar-refractivity contribution < 1.29 is 0 Å². The number of nitrogens with one attached hydrogen (secondary N) is 1. The fraction of sp³-hybridized carbons (Fsp3) is 0.400. The third kappa shape index (κ3) is 2.99. The molecule has 1 aliphatic heterocycles. The summed E-state index contributed by atoms with van der Waals surface area (Å²) < 4.78 is 0. The van der Waals surface area contributed by atoms with Gasteiger partial charge >= 0.3 is 0 Å². The van der Waals surface area contributed by atoms with Gasteiger partial charge in [-0.25, -0.2) is 0 Å². The summed E-state index contributed by atoms with van der Waals surface area (Å²) in [6, 6.07) is 10.6. The van der Waals surface area contributed by atoms with Gasteiger partial charge in [-0.05, 0) is 12.1 Å². The summed E-state index contributed by atoms with van der Waals surface area (Å²) >= 11 is 0. The Balaban J connectivity index is 0.000000461. The molecule has 1 aromatic rings. The number of nitrogens with two attached hydrogens (primary N) is 2. The van der Waals surface area contributed by atoms with Crippen molar-refractivity contribution in [3.63, 3.8) is 0 Å². The maximum atomic E-state index is 4.00. The lowest BCUT2D eigenvalue weighted by Gasteiger charge is -2.29. The normalized spacial score (nSPS) is 15.7. The number of piperazine rings is 1. The second-order valence-electron chi connectivity index (χ2n) is 3.07. The van der Waals surface area contributed by atoms with Gasteiger partial charge in [0.1, 0.15) is 0 Å². The predicted octanol–water partition coefficient (Wildman–Crippen LogP) is -0.0850. The van der Waals surface area contributed by atoms with Crippen LogP contribution in [-0.2, 0) is 0 Å². The minimum atomic E-state index is 1.11. The van der Waals surface area contributed by atoms with Crippen molar-refractivity contribution in [2.45, 2.75) is 0 Å². The molecular weight excluding hydrogens is 176 g/mol. The second-order valence-corrected chi connectivity index (χ2v) is 3.07. The highest BCUT2D eigenvalue weighted by atomic mass is 15.2. The van der Waals surface area contributed by atoms with Gasteiger partial charge in [-0.3, -0.25) is 11.7 Å².